The van der Waals surface area contributed by atoms with E-state index in [2.05, 4.69) is 21.2 Å². The van der Waals surface area contributed by atoms with E-state index in [1.165, 1.54) is 12.1 Å². The molecule has 120 valence electrons. The van der Waals surface area contributed by atoms with Crippen LogP contribution in [0.25, 0.3) is 5.70 Å². The standard InChI is InChI=1S/C16H10BrF4NO/c17-11-3-7-13(8-4-11)22-14(9-15(23)16(19,20)21)10-1-5-12(18)6-2-10/h1-9,22H/b14-9-. The summed E-state index contributed by atoms with van der Waals surface area (Å²) >= 11 is 3.24. The highest BCUT2D eigenvalue weighted by atomic mass is 79.9. The summed E-state index contributed by atoms with van der Waals surface area (Å²) in [6, 6.07) is 11.4. The Bertz CT molecular complexity index is 721. The molecule has 0 aliphatic rings. The molecule has 0 bridgehead atoms. The minimum atomic E-state index is -4.98. The maximum atomic E-state index is 13.0. The minimum absolute atomic E-state index is 0.0744. The first-order valence-electron chi connectivity index (χ1n) is 6.37. The first-order valence-corrected chi connectivity index (χ1v) is 7.16. The number of carbonyl (C=O) groups excluding carboxylic acids is 1. The zero-order valence-electron chi connectivity index (χ0n) is 11.5. The summed E-state index contributed by atoms with van der Waals surface area (Å²) in [5.74, 6) is -2.53. The second-order valence-electron chi connectivity index (χ2n) is 4.56. The van der Waals surface area contributed by atoms with Crippen molar-refractivity contribution < 1.29 is 22.4 Å². The summed E-state index contributed by atoms with van der Waals surface area (Å²) in [6.45, 7) is 0. The van der Waals surface area contributed by atoms with Crippen molar-refractivity contribution in [1.29, 1.82) is 0 Å². The largest absolute Gasteiger partial charge is 0.454 e. The Morgan fingerprint density at radius 2 is 1.57 bits per heavy atom. The number of alkyl halides is 3. The van der Waals surface area contributed by atoms with Crippen LogP contribution in [0.1, 0.15) is 5.56 Å². The highest BCUT2D eigenvalue weighted by Gasteiger charge is 2.36. The maximum Gasteiger partial charge on any atom is 0.454 e. The van der Waals surface area contributed by atoms with Gasteiger partial charge < -0.3 is 5.32 Å². The molecule has 0 saturated carbocycles. The van der Waals surface area contributed by atoms with Gasteiger partial charge in [-0.1, -0.05) is 15.9 Å². The van der Waals surface area contributed by atoms with Gasteiger partial charge in [0.1, 0.15) is 5.82 Å². The molecule has 2 rings (SSSR count). The van der Waals surface area contributed by atoms with Crippen LogP contribution in [0.3, 0.4) is 0 Å². The third-order valence-electron chi connectivity index (χ3n) is 2.83. The van der Waals surface area contributed by atoms with Crippen molar-refractivity contribution in [2.75, 3.05) is 5.32 Å². The smallest absolute Gasteiger partial charge is 0.355 e. The molecular weight excluding hydrogens is 378 g/mol. The molecule has 0 saturated heterocycles. The molecule has 1 N–H and O–H groups in total. The molecule has 0 atom stereocenters. The van der Waals surface area contributed by atoms with Gasteiger partial charge in [-0.25, -0.2) is 4.39 Å². The van der Waals surface area contributed by atoms with E-state index < -0.39 is 17.8 Å². The van der Waals surface area contributed by atoms with Gasteiger partial charge in [-0.15, -0.1) is 0 Å². The molecule has 0 fully saturated rings. The van der Waals surface area contributed by atoms with Gasteiger partial charge in [0.05, 0.1) is 0 Å². The van der Waals surface area contributed by atoms with Gasteiger partial charge in [-0.3, -0.25) is 4.79 Å². The van der Waals surface area contributed by atoms with Crippen LogP contribution in [0.2, 0.25) is 0 Å². The molecule has 0 amide bonds. The number of benzene rings is 2. The average molecular weight is 388 g/mol. The Hall–Kier alpha value is -2.15. The van der Waals surface area contributed by atoms with Crippen LogP contribution in [-0.4, -0.2) is 12.0 Å². The van der Waals surface area contributed by atoms with Crippen molar-refractivity contribution in [2.45, 2.75) is 6.18 Å². The quantitative estimate of drug-likeness (QED) is 0.578. The van der Waals surface area contributed by atoms with Crippen molar-refractivity contribution in [3.63, 3.8) is 0 Å². The van der Waals surface area contributed by atoms with Crippen LogP contribution in [0, 0.1) is 5.82 Å². The van der Waals surface area contributed by atoms with Crippen LogP contribution in [0.4, 0.5) is 23.2 Å². The average Bonchev–Trinajstić information content (AvgIpc) is 2.48. The van der Waals surface area contributed by atoms with Gasteiger partial charge >= 0.3 is 6.18 Å². The number of halogens is 5. The lowest BCUT2D eigenvalue weighted by Gasteiger charge is -2.12. The highest BCUT2D eigenvalue weighted by Crippen LogP contribution is 2.24. The number of hydrogen-bond acceptors (Lipinski definition) is 2. The van der Waals surface area contributed by atoms with Crippen molar-refractivity contribution >= 4 is 33.1 Å². The van der Waals surface area contributed by atoms with E-state index in [1.807, 2.05) is 0 Å². The van der Waals surface area contributed by atoms with Gasteiger partial charge in [-0.05, 0) is 54.1 Å². The predicted molar refractivity (Wildman–Crippen MR) is 83.2 cm³/mol. The van der Waals surface area contributed by atoms with Crippen molar-refractivity contribution in [1.82, 2.24) is 0 Å². The number of carbonyl (C=O) groups is 1. The van der Waals surface area contributed by atoms with E-state index in [0.717, 1.165) is 16.6 Å². The third-order valence-corrected chi connectivity index (χ3v) is 3.36. The lowest BCUT2D eigenvalue weighted by molar-refractivity contribution is -0.165. The van der Waals surface area contributed by atoms with Crippen LogP contribution in [0.15, 0.2) is 59.1 Å². The maximum absolute atomic E-state index is 13.0. The zero-order chi connectivity index (χ0) is 17.0. The van der Waals surface area contributed by atoms with Gasteiger partial charge in [0.2, 0.25) is 0 Å². The molecular formula is C16H10BrF4NO. The van der Waals surface area contributed by atoms with Crippen molar-refractivity contribution in [3.05, 3.63) is 70.5 Å². The Morgan fingerprint density at radius 1 is 1.00 bits per heavy atom. The molecule has 2 nitrogen and oxygen atoms in total. The Kier molecular flexibility index (Phi) is 5.20. The fourth-order valence-electron chi connectivity index (χ4n) is 1.72. The molecule has 0 unspecified atom stereocenters. The van der Waals surface area contributed by atoms with Gasteiger partial charge in [0, 0.05) is 21.9 Å². The fourth-order valence-corrected chi connectivity index (χ4v) is 1.99. The Morgan fingerprint density at radius 3 is 2.09 bits per heavy atom. The second-order valence-corrected chi connectivity index (χ2v) is 5.47. The van der Waals surface area contributed by atoms with Crippen LogP contribution >= 0.6 is 15.9 Å². The fraction of sp³-hybridized carbons (Fsp3) is 0.0625. The minimum Gasteiger partial charge on any atom is -0.355 e. The zero-order valence-corrected chi connectivity index (χ0v) is 13.1. The number of nitrogens with one attached hydrogen (secondary N) is 1. The molecule has 2 aromatic carbocycles. The summed E-state index contributed by atoms with van der Waals surface area (Å²) in [5.41, 5.74) is 0.667. The molecule has 0 aliphatic carbocycles. The third kappa shape index (κ3) is 4.92. The summed E-state index contributed by atoms with van der Waals surface area (Å²) in [7, 11) is 0. The van der Waals surface area contributed by atoms with Crippen molar-refractivity contribution in [3.8, 4) is 0 Å². The topological polar surface area (TPSA) is 29.1 Å². The molecule has 0 aliphatic heterocycles. The molecule has 0 radical (unpaired) electrons. The number of rotatable bonds is 4. The van der Waals surface area contributed by atoms with Crippen LogP contribution < -0.4 is 5.32 Å². The number of anilines is 1. The molecule has 0 spiro atoms. The van der Waals surface area contributed by atoms with Crippen molar-refractivity contribution in [2.24, 2.45) is 0 Å². The molecule has 0 heterocycles. The number of ketones is 1. The van der Waals surface area contributed by atoms with Gasteiger partial charge in [0.15, 0.2) is 0 Å². The van der Waals surface area contributed by atoms with Crippen LogP contribution in [0.5, 0.6) is 0 Å². The highest BCUT2D eigenvalue weighted by molar-refractivity contribution is 9.10. The Balaban J connectivity index is 2.38. The normalized spacial score (nSPS) is 12.1. The summed E-state index contributed by atoms with van der Waals surface area (Å²) in [4.78, 5) is 11.2. The second kappa shape index (κ2) is 6.95. The number of hydrogen-bond donors (Lipinski definition) is 1. The predicted octanol–water partition coefficient (Wildman–Crippen LogP) is 5.17. The van der Waals surface area contributed by atoms with E-state index >= 15 is 0 Å². The molecule has 7 heteroatoms. The summed E-state index contributed by atoms with van der Waals surface area (Å²) in [5, 5.41) is 2.74. The van der Waals surface area contributed by atoms with Gasteiger partial charge in [-0.2, -0.15) is 13.2 Å². The SMILES string of the molecule is O=C(/C=C(\Nc1ccc(Br)cc1)c1ccc(F)cc1)C(F)(F)F. The van der Waals surface area contributed by atoms with Gasteiger partial charge in [0.25, 0.3) is 5.78 Å². The monoisotopic (exact) mass is 387 g/mol. The first-order chi connectivity index (χ1) is 10.8. The van der Waals surface area contributed by atoms with E-state index in [4.69, 9.17) is 0 Å². The summed E-state index contributed by atoms with van der Waals surface area (Å²) < 4.78 is 51.3. The molecule has 0 aromatic heterocycles. The van der Waals surface area contributed by atoms with E-state index in [0.29, 0.717) is 11.8 Å². The lowest BCUT2D eigenvalue weighted by atomic mass is 10.1. The van der Waals surface area contributed by atoms with Crippen LogP contribution in [-0.2, 0) is 4.79 Å². The summed E-state index contributed by atoms with van der Waals surface area (Å²) in [6.07, 6.45) is -4.53. The van der Waals surface area contributed by atoms with E-state index in [1.54, 1.807) is 24.3 Å². The van der Waals surface area contributed by atoms with E-state index in [-0.39, 0.29) is 11.3 Å². The van der Waals surface area contributed by atoms with E-state index in [9.17, 15) is 22.4 Å². The first kappa shape index (κ1) is 17.2. The molecule has 23 heavy (non-hydrogen) atoms. The Labute approximate surface area is 137 Å². The number of allylic oxidation sites excluding steroid dienone is 1. The molecule has 2 aromatic rings. The lowest BCUT2D eigenvalue weighted by Crippen LogP contribution is -2.21.